The molecule has 0 bridgehead atoms. The molecule has 2 heterocycles. The Balaban J connectivity index is 2.06. The van der Waals surface area contributed by atoms with E-state index < -0.39 is 5.54 Å². The molecule has 112 valence electrons. The molecule has 20 heavy (non-hydrogen) atoms. The number of carbonyl (C=O) groups excluding carboxylic acids is 1. The molecule has 1 aliphatic rings. The van der Waals surface area contributed by atoms with E-state index >= 15 is 0 Å². The lowest BCUT2D eigenvalue weighted by Crippen LogP contribution is -2.52. The number of aromatic nitrogens is 1. The lowest BCUT2D eigenvalue weighted by Gasteiger charge is -2.38. The van der Waals surface area contributed by atoms with Crippen LogP contribution >= 0.6 is 11.3 Å². The van der Waals surface area contributed by atoms with E-state index in [9.17, 15) is 4.79 Å². The standard InChI is InChI=1S/C15H25N3OS/c1-14(2,11-6-5-7-16-10-11)12(19)18-15(3,4)13-17-8-9-20-13/h8-9,11,16H,5-7,10H2,1-4H3,(H,18,19). The van der Waals surface area contributed by atoms with E-state index in [2.05, 4.69) is 29.5 Å². The average molecular weight is 295 g/mol. The van der Waals surface area contributed by atoms with Crippen molar-refractivity contribution in [2.45, 2.75) is 46.1 Å². The van der Waals surface area contributed by atoms with Gasteiger partial charge in [-0.25, -0.2) is 4.98 Å². The summed E-state index contributed by atoms with van der Waals surface area (Å²) in [6.07, 6.45) is 4.05. The number of rotatable bonds is 4. The molecule has 5 heteroatoms. The lowest BCUT2D eigenvalue weighted by atomic mass is 9.74. The summed E-state index contributed by atoms with van der Waals surface area (Å²) in [7, 11) is 0. The zero-order chi connectivity index (χ0) is 14.8. The minimum Gasteiger partial charge on any atom is -0.344 e. The first-order valence-corrected chi connectivity index (χ1v) is 8.15. The molecule has 1 aromatic rings. The van der Waals surface area contributed by atoms with Gasteiger partial charge >= 0.3 is 0 Å². The second-order valence-corrected chi connectivity index (χ2v) is 7.58. The largest absolute Gasteiger partial charge is 0.344 e. The number of hydrogen-bond donors (Lipinski definition) is 2. The Hall–Kier alpha value is -0.940. The average Bonchev–Trinajstić information content (AvgIpc) is 2.94. The highest BCUT2D eigenvalue weighted by molar-refractivity contribution is 7.09. The summed E-state index contributed by atoms with van der Waals surface area (Å²) >= 11 is 1.58. The molecule has 1 aliphatic heterocycles. The monoisotopic (exact) mass is 295 g/mol. The lowest BCUT2D eigenvalue weighted by molar-refractivity contribution is -0.134. The molecule has 1 saturated heterocycles. The minimum atomic E-state index is -0.412. The van der Waals surface area contributed by atoms with Gasteiger partial charge in [-0.15, -0.1) is 11.3 Å². The van der Waals surface area contributed by atoms with Crippen LogP contribution < -0.4 is 10.6 Å². The van der Waals surface area contributed by atoms with Gasteiger partial charge in [0.15, 0.2) is 0 Å². The summed E-state index contributed by atoms with van der Waals surface area (Å²) in [6, 6.07) is 0. The van der Waals surface area contributed by atoms with E-state index in [4.69, 9.17) is 0 Å². The topological polar surface area (TPSA) is 54.0 Å². The molecule has 0 radical (unpaired) electrons. The van der Waals surface area contributed by atoms with Gasteiger partial charge in [0.25, 0.3) is 0 Å². The van der Waals surface area contributed by atoms with E-state index in [1.165, 1.54) is 0 Å². The highest BCUT2D eigenvalue weighted by atomic mass is 32.1. The number of nitrogens with one attached hydrogen (secondary N) is 2. The number of carbonyl (C=O) groups is 1. The summed E-state index contributed by atoms with van der Waals surface area (Å²) in [5.41, 5.74) is -0.771. The highest BCUT2D eigenvalue weighted by Gasteiger charge is 2.40. The highest BCUT2D eigenvalue weighted by Crippen LogP contribution is 2.33. The first-order valence-electron chi connectivity index (χ1n) is 7.27. The van der Waals surface area contributed by atoms with Crippen molar-refractivity contribution in [3.05, 3.63) is 16.6 Å². The second kappa shape index (κ2) is 5.82. The molecule has 1 aromatic heterocycles. The third kappa shape index (κ3) is 3.20. The van der Waals surface area contributed by atoms with Gasteiger partial charge in [-0.2, -0.15) is 0 Å². The van der Waals surface area contributed by atoms with E-state index in [1.807, 2.05) is 19.2 Å². The van der Waals surface area contributed by atoms with Gasteiger partial charge in [0.1, 0.15) is 5.01 Å². The zero-order valence-corrected chi connectivity index (χ0v) is 13.6. The second-order valence-electron chi connectivity index (χ2n) is 6.68. The molecule has 1 atom stereocenters. The van der Waals surface area contributed by atoms with Gasteiger partial charge in [0.05, 0.1) is 5.54 Å². The quantitative estimate of drug-likeness (QED) is 0.897. The smallest absolute Gasteiger partial charge is 0.226 e. The number of piperidine rings is 1. The Morgan fingerprint density at radius 1 is 1.45 bits per heavy atom. The van der Waals surface area contributed by atoms with E-state index in [0.717, 1.165) is 30.9 Å². The molecule has 1 fully saturated rings. The fraction of sp³-hybridized carbons (Fsp3) is 0.733. The molecule has 1 amide bonds. The zero-order valence-electron chi connectivity index (χ0n) is 12.8. The maximum absolute atomic E-state index is 12.7. The van der Waals surface area contributed by atoms with Crippen LogP contribution in [0.25, 0.3) is 0 Å². The fourth-order valence-corrected chi connectivity index (χ4v) is 3.40. The minimum absolute atomic E-state index is 0.117. The van der Waals surface area contributed by atoms with Crippen molar-refractivity contribution in [2.75, 3.05) is 13.1 Å². The normalized spacial score (nSPS) is 20.7. The van der Waals surface area contributed by atoms with Crippen molar-refractivity contribution in [3.8, 4) is 0 Å². The number of hydrogen-bond acceptors (Lipinski definition) is 4. The van der Waals surface area contributed by atoms with Crippen LogP contribution in [-0.2, 0) is 10.3 Å². The Morgan fingerprint density at radius 2 is 2.20 bits per heavy atom. The molecule has 0 aromatic carbocycles. The molecule has 2 rings (SSSR count). The molecule has 2 N–H and O–H groups in total. The summed E-state index contributed by atoms with van der Waals surface area (Å²) < 4.78 is 0. The van der Waals surface area contributed by atoms with Crippen LogP contribution in [0.4, 0.5) is 0 Å². The maximum atomic E-state index is 12.7. The van der Waals surface area contributed by atoms with Crippen molar-refractivity contribution in [1.29, 1.82) is 0 Å². The number of thiazole rings is 1. The summed E-state index contributed by atoms with van der Waals surface area (Å²) in [5, 5.41) is 9.46. The van der Waals surface area contributed by atoms with Crippen molar-refractivity contribution >= 4 is 17.2 Å². The van der Waals surface area contributed by atoms with Crippen LogP contribution in [0.1, 0.15) is 45.5 Å². The molecular formula is C15H25N3OS. The summed E-state index contributed by atoms with van der Waals surface area (Å²) in [5.74, 6) is 0.509. The Morgan fingerprint density at radius 3 is 2.75 bits per heavy atom. The third-order valence-electron chi connectivity index (χ3n) is 4.30. The van der Waals surface area contributed by atoms with Crippen molar-refractivity contribution < 1.29 is 4.79 Å². The van der Waals surface area contributed by atoms with Gasteiger partial charge < -0.3 is 10.6 Å². The molecule has 0 aliphatic carbocycles. The van der Waals surface area contributed by atoms with Crippen molar-refractivity contribution in [3.63, 3.8) is 0 Å². The number of amides is 1. The van der Waals surface area contributed by atoms with Gasteiger partial charge in [0, 0.05) is 17.0 Å². The van der Waals surface area contributed by atoms with Crippen LogP contribution in [0.15, 0.2) is 11.6 Å². The predicted molar refractivity (Wildman–Crippen MR) is 82.7 cm³/mol. The Bertz CT molecular complexity index is 448. The SMILES string of the molecule is CC(C)(NC(=O)C(C)(C)C1CCCNC1)c1nccs1. The molecule has 0 saturated carbocycles. The molecule has 4 nitrogen and oxygen atoms in total. The van der Waals surface area contributed by atoms with E-state index in [1.54, 1.807) is 17.5 Å². The number of nitrogens with zero attached hydrogens (tertiary/aromatic N) is 1. The van der Waals surface area contributed by atoms with Crippen LogP contribution in [0, 0.1) is 11.3 Å². The van der Waals surface area contributed by atoms with E-state index in [-0.39, 0.29) is 11.3 Å². The molecule has 0 spiro atoms. The fourth-order valence-electron chi connectivity index (χ4n) is 2.68. The Kier molecular flexibility index (Phi) is 4.49. The van der Waals surface area contributed by atoms with Crippen LogP contribution in [-0.4, -0.2) is 24.0 Å². The molecular weight excluding hydrogens is 270 g/mol. The van der Waals surface area contributed by atoms with Crippen LogP contribution in [0.2, 0.25) is 0 Å². The van der Waals surface area contributed by atoms with Crippen LogP contribution in [0.5, 0.6) is 0 Å². The summed E-state index contributed by atoms with van der Waals surface area (Å²) in [4.78, 5) is 17.0. The van der Waals surface area contributed by atoms with Crippen molar-refractivity contribution in [2.24, 2.45) is 11.3 Å². The van der Waals surface area contributed by atoms with Gasteiger partial charge in [-0.1, -0.05) is 13.8 Å². The summed E-state index contributed by atoms with van der Waals surface area (Å²) in [6.45, 7) is 10.1. The van der Waals surface area contributed by atoms with Gasteiger partial charge in [-0.3, -0.25) is 4.79 Å². The van der Waals surface area contributed by atoms with E-state index in [0.29, 0.717) is 5.92 Å². The third-order valence-corrected chi connectivity index (χ3v) is 5.39. The van der Waals surface area contributed by atoms with Crippen LogP contribution in [0.3, 0.4) is 0 Å². The molecule has 1 unspecified atom stereocenters. The first kappa shape index (κ1) is 15.4. The first-order chi connectivity index (χ1) is 9.34. The Labute approximate surface area is 125 Å². The van der Waals surface area contributed by atoms with Crippen molar-refractivity contribution in [1.82, 2.24) is 15.6 Å². The maximum Gasteiger partial charge on any atom is 0.226 e. The van der Waals surface area contributed by atoms with Gasteiger partial charge in [0.2, 0.25) is 5.91 Å². The van der Waals surface area contributed by atoms with Gasteiger partial charge in [-0.05, 0) is 45.7 Å². The predicted octanol–water partition coefficient (Wildman–Crippen LogP) is 2.52.